The van der Waals surface area contributed by atoms with Crippen LogP contribution >= 0.6 is 11.3 Å². The maximum atomic E-state index is 11.6. The van der Waals surface area contributed by atoms with Gasteiger partial charge in [0.1, 0.15) is 4.88 Å². The van der Waals surface area contributed by atoms with Crippen LogP contribution in [0.1, 0.15) is 21.8 Å². The van der Waals surface area contributed by atoms with Crippen molar-refractivity contribution in [3.05, 3.63) is 10.6 Å². The molecule has 0 amide bonds. The molecule has 0 radical (unpaired) electrons. The lowest BCUT2D eigenvalue weighted by Crippen LogP contribution is -2.28. The number of anilines is 1. The van der Waals surface area contributed by atoms with Crippen molar-refractivity contribution in [3.63, 3.8) is 0 Å². The summed E-state index contributed by atoms with van der Waals surface area (Å²) >= 11 is 1.35. The van der Waals surface area contributed by atoms with Crippen LogP contribution in [-0.4, -0.2) is 58.6 Å². The number of ether oxygens (including phenoxy) is 3. The standard InChI is InChI=1S/C13H22N2O4S/c1-10-11(12(16)19-4)20-13(14-10)15(7-9-18-3)6-5-8-17-2/h5-9H2,1-4H3. The molecule has 0 bridgehead atoms. The summed E-state index contributed by atoms with van der Waals surface area (Å²) in [7, 11) is 4.73. The second kappa shape index (κ2) is 8.89. The van der Waals surface area contributed by atoms with Gasteiger partial charge in [-0.3, -0.25) is 0 Å². The van der Waals surface area contributed by atoms with Gasteiger partial charge >= 0.3 is 5.97 Å². The van der Waals surface area contributed by atoms with E-state index >= 15 is 0 Å². The molecule has 6 nitrogen and oxygen atoms in total. The number of hydrogen-bond acceptors (Lipinski definition) is 7. The fourth-order valence-corrected chi connectivity index (χ4v) is 2.74. The molecule has 7 heteroatoms. The largest absolute Gasteiger partial charge is 0.465 e. The van der Waals surface area contributed by atoms with Gasteiger partial charge in [-0.2, -0.15) is 0 Å². The summed E-state index contributed by atoms with van der Waals surface area (Å²) in [4.78, 5) is 18.7. The quantitative estimate of drug-likeness (QED) is 0.511. The van der Waals surface area contributed by atoms with Gasteiger partial charge in [0.05, 0.1) is 19.4 Å². The Kier molecular flexibility index (Phi) is 7.50. The van der Waals surface area contributed by atoms with Crippen molar-refractivity contribution >= 4 is 22.4 Å². The van der Waals surface area contributed by atoms with Crippen molar-refractivity contribution in [2.75, 3.05) is 52.5 Å². The lowest BCUT2D eigenvalue weighted by Gasteiger charge is -2.21. The van der Waals surface area contributed by atoms with Crippen LogP contribution in [-0.2, 0) is 14.2 Å². The van der Waals surface area contributed by atoms with Crippen molar-refractivity contribution < 1.29 is 19.0 Å². The molecule has 0 aliphatic carbocycles. The van der Waals surface area contributed by atoms with Gasteiger partial charge in [-0.15, -0.1) is 0 Å². The Balaban J connectivity index is 2.80. The van der Waals surface area contributed by atoms with Crippen LogP contribution in [0.15, 0.2) is 0 Å². The van der Waals surface area contributed by atoms with Crippen molar-refractivity contribution in [1.82, 2.24) is 4.98 Å². The molecule has 0 saturated heterocycles. The first kappa shape index (κ1) is 16.9. The minimum absolute atomic E-state index is 0.338. The summed E-state index contributed by atoms with van der Waals surface area (Å²) in [6.07, 6.45) is 0.895. The summed E-state index contributed by atoms with van der Waals surface area (Å²) in [6, 6.07) is 0. The molecule has 0 N–H and O–H groups in total. The van der Waals surface area contributed by atoms with Crippen molar-refractivity contribution in [1.29, 1.82) is 0 Å². The van der Waals surface area contributed by atoms with Crippen LogP contribution in [0.4, 0.5) is 5.13 Å². The van der Waals surface area contributed by atoms with Crippen LogP contribution in [0.5, 0.6) is 0 Å². The molecule has 0 spiro atoms. The fourth-order valence-electron chi connectivity index (χ4n) is 1.70. The molecule has 0 unspecified atom stereocenters. The number of thiazole rings is 1. The van der Waals surface area contributed by atoms with Gasteiger partial charge in [0.2, 0.25) is 0 Å². The van der Waals surface area contributed by atoms with E-state index in [4.69, 9.17) is 14.2 Å². The lowest BCUT2D eigenvalue weighted by atomic mass is 10.4. The molecule has 1 heterocycles. The third-order valence-corrected chi connectivity index (χ3v) is 3.97. The topological polar surface area (TPSA) is 60.9 Å². The fraction of sp³-hybridized carbons (Fsp3) is 0.692. The van der Waals surface area contributed by atoms with E-state index in [-0.39, 0.29) is 5.97 Å². The summed E-state index contributed by atoms with van der Waals surface area (Å²) in [5.41, 5.74) is 0.700. The monoisotopic (exact) mass is 302 g/mol. The number of carbonyl (C=O) groups is 1. The predicted molar refractivity (Wildman–Crippen MR) is 78.8 cm³/mol. The van der Waals surface area contributed by atoms with Crippen LogP contribution in [0.3, 0.4) is 0 Å². The van der Waals surface area contributed by atoms with Gasteiger partial charge in [0.25, 0.3) is 0 Å². The smallest absolute Gasteiger partial charge is 0.350 e. The molecule has 1 aromatic rings. The SMILES string of the molecule is COCCCN(CCOC)c1nc(C)c(C(=O)OC)s1. The third kappa shape index (κ3) is 4.73. The van der Waals surface area contributed by atoms with Crippen molar-refractivity contribution in [2.45, 2.75) is 13.3 Å². The second-order valence-electron chi connectivity index (χ2n) is 4.23. The van der Waals surface area contributed by atoms with Gasteiger partial charge in [-0.1, -0.05) is 11.3 Å². The number of methoxy groups -OCH3 is 3. The second-order valence-corrected chi connectivity index (χ2v) is 5.21. The van der Waals surface area contributed by atoms with Gasteiger partial charge in [-0.25, -0.2) is 9.78 Å². The highest BCUT2D eigenvalue weighted by Gasteiger charge is 2.19. The molecule has 0 fully saturated rings. The molecule has 114 valence electrons. The number of esters is 1. The first-order valence-electron chi connectivity index (χ1n) is 6.42. The van der Waals surface area contributed by atoms with E-state index in [2.05, 4.69) is 9.88 Å². The van der Waals surface area contributed by atoms with E-state index in [1.54, 1.807) is 14.2 Å². The van der Waals surface area contributed by atoms with Gasteiger partial charge in [0.15, 0.2) is 5.13 Å². The molecule has 0 atom stereocenters. The van der Waals surface area contributed by atoms with Crippen LogP contribution in [0, 0.1) is 6.92 Å². The number of rotatable bonds is 9. The molecule has 1 rings (SSSR count). The highest BCUT2D eigenvalue weighted by molar-refractivity contribution is 7.17. The van der Waals surface area contributed by atoms with E-state index in [1.807, 2.05) is 6.92 Å². The first-order chi connectivity index (χ1) is 9.63. The molecule has 20 heavy (non-hydrogen) atoms. The zero-order chi connectivity index (χ0) is 15.0. The van der Waals surface area contributed by atoms with E-state index < -0.39 is 0 Å². The summed E-state index contributed by atoms with van der Waals surface area (Å²) in [5.74, 6) is -0.338. The predicted octanol–water partition coefficient (Wildman–Crippen LogP) is 1.73. The van der Waals surface area contributed by atoms with Crippen molar-refractivity contribution in [3.8, 4) is 0 Å². The Morgan fingerprint density at radius 3 is 2.50 bits per heavy atom. The minimum atomic E-state index is -0.338. The summed E-state index contributed by atoms with van der Waals surface area (Å²) in [6.45, 7) is 4.66. The first-order valence-corrected chi connectivity index (χ1v) is 7.24. The molecule has 1 aromatic heterocycles. The molecular formula is C13H22N2O4S. The van der Waals surface area contributed by atoms with E-state index in [1.165, 1.54) is 18.4 Å². The molecule has 0 aliphatic heterocycles. The lowest BCUT2D eigenvalue weighted by molar-refractivity contribution is 0.0605. The van der Waals surface area contributed by atoms with E-state index in [0.29, 0.717) is 23.8 Å². The van der Waals surface area contributed by atoms with Crippen LogP contribution < -0.4 is 4.90 Å². The Labute approximate surface area is 123 Å². The number of nitrogens with zero attached hydrogens (tertiary/aromatic N) is 2. The molecular weight excluding hydrogens is 280 g/mol. The van der Waals surface area contributed by atoms with Crippen LogP contribution in [0.25, 0.3) is 0 Å². The Bertz CT molecular complexity index is 423. The molecule has 0 aromatic carbocycles. The maximum Gasteiger partial charge on any atom is 0.350 e. The van der Waals surface area contributed by atoms with Crippen LogP contribution in [0.2, 0.25) is 0 Å². The normalized spacial score (nSPS) is 10.6. The van der Waals surface area contributed by atoms with E-state index in [0.717, 1.165) is 24.6 Å². The van der Waals surface area contributed by atoms with Gasteiger partial charge < -0.3 is 19.1 Å². The third-order valence-electron chi connectivity index (χ3n) is 2.77. The summed E-state index contributed by atoms with van der Waals surface area (Å²) in [5, 5.41) is 0.816. The minimum Gasteiger partial charge on any atom is -0.465 e. The zero-order valence-corrected chi connectivity index (χ0v) is 13.3. The average Bonchev–Trinajstić information content (AvgIpc) is 2.83. The van der Waals surface area contributed by atoms with Gasteiger partial charge in [0, 0.05) is 33.9 Å². The molecule has 0 aliphatic rings. The Morgan fingerprint density at radius 1 is 1.20 bits per heavy atom. The summed E-state index contributed by atoms with van der Waals surface area (Å²) < 4.78 is 14.9. The average molecular weight is 302 g/mol. The Hall–Kier alpha value is -1.18. The Morgan fingerprint density at radius 2 is 1.90 bits per heavy atom. The number of carbonyl (C=O) groups excluding carboxylic acids is 1. The number of aromatic nitrogens is 1. The van der Waals surface area contributed by atoms with Crippen molar-refractivity contribution in [2.24, 2.45) is 0 Å². The number of hydrogen-bond donors (Lipinski definition) is 0. The molecule has 0 saturated carbocycles. The highest BCUT2D eigenvalue weighted by atomic mass is 32.1. The van der Waals surface area contributed by atoms with E-state index in [9.17, 15) is 4.79 Å². The highest BCUT2D eigenvalue weighted by Crippen LogP contribution is 2.26. The zero-order valence-electron chi connectivity index (χ0n) is 12.5. The van der Waals surface area contributed by atoms with Gasteiger partial charge in [-0.05, 0) is 13.3 Å². The number of aryl methyl sites for hydroxylation is 1. The maximum absolute atomic E-state index is 11.6.